The van der Waals surface area contributed by atoms with Gasteiger partial charge in [0.15, 0.2) is 0 Å². The van der Waals surface area contributed by atoms with E-state index < -0.39 is 0 Å². The zero-order chi connectivity index (χ0) is 11.6. The van der Waals surface area contributed by atoms with E-state index >= 15 is 0 Å². The van der Waals surface area contributed by atoms with E-state index in [2.05, 4.69) is 24.0 Å². The molecule has 0 spiro atoms. The van der Waals surface area contributed by atoms with Crippen LogP contribution in [0.1, 0.15) is 18.9 Å². The van der Waals surface area contributed by atoms with Crippen LogP contribution in [0.3, 0.4) is 0 Å². The van der Waals surface area contributed by atoms with E-state index in [0.29, 0.717) is 0 Å². The van der Waals surface area contributed by atoms with Gasteiger partial charge in [0.05, 0.1) is 6.61 Å². The molecule has 0 amide bonds. The molecule has 0 aromatic heterocycles. The second-order valence-corrected chi connectivity index (χ2v) is 4.99. The Kier molecular flexibility index (Phi) is 3.28. The molecule has 0 radical (unpaired) electrons. The van der Waals surface area contributed by atoms with Crippen LogP contribution < -0.4 is 5.73 Å². The van der Waals surface area contributed by atoms with E-state index in [-0.39, 0.29) is 18.2 Å². The van der Waals surface area contributed by atoms with Crippen LogP contribution in [0.4, 0.5) is 0 Å². The normalized spacial score (nSPS) is 30.8. The molecular weight excluding hydrogens is 200 g/mol. The van der Waals surface area contributed by atoms with Gasteiger partial charge in [-0.1, -0.05) is 30.3 Å². The van der Waals surface area contributed by atoms with E-state index in [1.165, 1.54) is 5.56 Å². The van der Waals surface area contributed by atoms with Gasteiger partial charge in [-0.3, -0.25) is 4.90 Å². The third kappa shape index (κ3) is 2.26. The Labute approximate surface area is 96.9 Å². The molecule has 1 aromatic rings. The smallest absolute Gasteiger partial charge is 0.0613 e. The molecule has 1 heterocycles. The molecule has 2 atom stereocenters. The fraction of sp³-hybridized carbons (Fsp3) is 0.538. The van der Waals surface area contributed by atoms with E-state index in [4.69, 9.17) is 5.73 Å². The van der Waals surface area contributed by atoms with Gasteiger partial charge in [0.2, 0.25) is 0 Å². The molecule has 2 rings (SSSR count). The van der Waals surface area contributed by atoms with Gasteiger partial charge in [-0.2, -0.15) is 0 Å². The lowest BCUT2D eigenvalue weighted by atomic mass is 9.98. The number of hydrogen-bond donors (Lipinski definition) is 2. The molecule has 1 aliphatic rings. The molecule has 0 unspecified atom stereocenters. The Bertz CT molecular complexity index is 341. The number of benzene rings is 1. The summed E-state index contributed by atoms with van der Waals surface area (Å²) >= 11 is 0. The Hall–Kier alpha value is -0.900. The highest BCUT2D eigenvalue weighted by Crippen LogP contribution is 2.29. The van der Waals surface area contributed by atoms with Gasteiger partial charge in [-0.05, 0) is 18.9 Å². The molecule has 1 saturated heterocycles. The Morgan fingerprint density at radius 3 is 2.75 bits per heavy atom. The highest BCUT2D eigenvalue weighted by Gasteiger charge is 2.39. The molecule has 3 heteroatoms. The average molecular weight is 220 g/mol. The van der Waals surface area contributed by atoms with Gasteiger partial charge in [-0.25, -0.2) is 0 Å². The third-order valence-electron chi connectivity index (χ3n) is 3.48. The maximum Gasteiger partial charge on any atom is 0.0613 e. The van der Waals surface area contributed by atoms with Crippen LogP contribution in [-0.2, 0) is 6.54 Å². The lowest BCUT2D eigenvalue weighted by Gasteiger charge is -2.33. The predicted octanol–water partition coefficient (Wildman–Crippen LogP) is 0.971. The van der Waals surface area contributed by atoms with Crippen LogP contribution in [-0.4, -0.2) is 34.7 Å². The number of aliphatic hydroxyl groups is 1. The second kappa shape index (κ2) is 4.53. The van der Waals surface area contributed by atoms with Crippen LogP contribution in [0.5, 0.6) is 0 Å². The molecule has 3 N–H and O–H groups in total. The van der Waals surface area contributed by atoms with Crippen molar-refractivity contribution < 1.29 is 5.11 Å². The van der Waals surface area contributed by atoms with Gasteiger partial charge in [0.25, 0.3) is 0 Å². The molecule has 0 bridgehead atoms. The molecule has 3 nitrogen and oxygen atoms in total. The highest BCUT2D eigenvalue weighted by atomic mass is 16.3. The fourth-order valence-corrected chi connectivity index (χ4v) is 2.49. The van der Waals surface area contributed by atoms with E-state index in [1.807, 2.05) is 18.2 Å². The first-order valence-electron chi connectivity index (χ1n) is 5.79. The van der Waals surface area contributed by atoms with Gasteiger partial charge >= 0.3 is 0 Å². The number of rotatable bonds is 3. The first kappa shape index (κ1) is 11.6. The Morgan fingerprint density at radius 2 is 2.12 bits per heavy atom. The molecule has 1 aromatic carbocycles. The molecular formula is C13H20N2O. The molecule has 0 saturated carbocycles. The second-order valence-electron chi connectivity index (χ2n) is 4.99. The van der Waals surface area contributed by atoms with Crippen molar-refractivity contribution in [1.29, 1.82) is 0 Å². The molecule has 1 fully saturated rings. The van der Waals surface area contributed by atoms with Crippen molar-refractivity contribution in [2.45, 2.75) is 31.5 Å². The van der Waals surface area contributed by atoms with Gasteiger partial charge in [0.1, 0.15) is 0 Å². The minimum Gasteiger partial charge on any atom is -0.394 e. The molecule has 1 aliphatic heterocycles. The summed E-state index contributed by atoms with van der Waals surface area (Å²) in [4.78, 5) is 2.28. The van der Waals surface area contributed by atoms with Gasteiger partial charge in [-0.15, -0.1) is 0 Å². The molecule has 16 heavy (non-hydrogen) atoms. The quantitative estimate of drug-likeness (QED) is 0.798. The van der Waals surface area contributed by atoms with Gasteiger partial charge < -0.3 is 10.8 Å². The predicted molar refractivity (Wildman–Crippen MR) is 64.9 cm³/mol. The largest absolute Gasteiger partial charge is 0.394 e. The first-order valence-corrected chi connectivity index (χ1v) is 5.79. The Morgan fingerprint density at radius 1 is 1.44 bits per heavy atom. The maximum absolute atomic E-state index is 9.49. The zero-order valence-electron chi connectivity index (χ0n) is 9.76. The lowest BCUT2D eigenvalue weighted by molar-refractivity contribution is 0.0734. The number of nitrogens with two attached hydrogens (primary N) is 1. The number of nitrogens with zero attached hydrogens (tertiary/aromatic N) is 1. The van der Waals surface area contributed by atoms with Crippen LogP contribution in [0.25, 0.3) is 0 Å². The van der Waals surface area contributed by atoms with Gasteiger partial charge in [0, 0.05) is 24.7 Å². The van der Waals surface area contributed by atoms with Crippen molar-refractivity contribution in [3.8, 4) is 0 Å². The topological polar surface area (TPSA) is 49.5 Å². The summed E-state index contributed by atoms with van der Waals surface area (Å²) in [5.74, 6) is 0. The van der Waals surface area contributed by atoms with Crippen LogP contribution >= 0.6 is 0 Å². The summed E-state index contributed by atoms with van der Waals surface area (Å²) in [6, 6.07) is 10.5. The summed E-state index contributed by atoms with van der Waals surface area (Å²) in [6.07, 6.45) is 0.871. The molecule has 88 valence electrons. The maximum atomic E-state index is 9.49. The SMILES string of the molecule is C[C@]1(CO)C[C@H](N)CN1Cc1ccccc1. The lowest BCUT2D eigenvalue weighted by Crippen LogP contribution is -2.43. The summed E-state index contributed by atoms with van der Waals surface area (Å²) in [5, 5.41) is 9.49. The monoisotopic (exact) mass is 220 g/mol. The van der Waals surface area contributed by atoms with E-state index in [0.717, 1.165) is 19.5 Å². The minimum absolute atomic E-state index is 0.157. The third-order valence-corrected chi connectivity index (χ3v) is 3.48. The zero-order valence-corrected chi connectivity index (χ0v) is 9.76. The summed E-state index contributed by atoms with van der Waals surface area (Å²) in [5.41, 5.74) is 7.09. The minimum atomic E-state index is -0.157. The Balaban J connectivity index is 2.09. The summed E-state index contributed by atoms with van der Waals surface area (Å²) in [7, 11) is 0. The van der Waals surface area contributed by atoms with Crippen molar-refractivity contribution in [2.75, 3.05) is 13.2 Å². The molecule has 0 aliphatic carbocycles. The average Bonchev–Trinajstić information content (AvgIpc) is 2.56. The number of aliphatic hydroxyl groups excluding tert-OH is 1. The fourth-order valence-electron chi connectivity index (χ4n) is 2.49. The van der Waals surface area contributed by atoms with Crippen LogP contribution in [0.15, 0.2) is 30.3 Å². The summed E-state index contributed by atoms with van der Waals surface area (Å²) < 4.78 is 0. The summed E-state index contributed by atoms with van der Waals surface area (Å²) in [6.45, 7) is 3.99. The number of likely N-dealkylation sites (tertiary alicyclic amines) is 1. The standard InChI is InChI=1S/C13H20N2O/c1-13(10-16)7-12(14)9-15(13)8-11-5-3-2-4-6-11/h2-6,12,16H,7-10,14H2,1H3/t12-,13+/m0/s1. The highest BCUT2D eigenvalue weighted by molar-refractivity contribution is 5.15. The first-order chi connectivity index (χ1) is 7.64. The van der Waals surface area contributed by atoms with Crippen molar-refractivity contribution in [1.82, 2.24) is 4.90 Å². The van der Waals surface area contributed by atoms with E-state index in [1.54, 1.807) is 0 Å². The van der Waals surface area contributed by atoms with Crippen molar-refractivity contribution in [2.24, 2.45) is 5.73 Å². The van der Waals surface area contributed by atoms with E-state index in [9.17, 15) is 5.11 Å². The van der Waals surface area contributed by atoms with Crippen molar-refractivity contribution >= 4 is 0 Å². The number of hydrogen-bond acceptors (Lipinski definition) is 3. The van der Waals surface area contributed by atoms with Crippen molar-refractivity contribution in [3.63, 3.8) is 0 Å². The van der Waals surface area contributed by atoms with Crippen molar-refractivity contribution in [3.05, 3.63) is 35.9 Å². The van der Waals surface area contributed by atoms with Crippen LogP contribution in [0, 0.1) is 0 Å². The van der Waals surface area contributed by atoms with Crippen LogP contribution in [0.2, 0.25) is 0 Å².